The van der Waals surface area contributed by atoms with Crippen LogP contribution in [0.5, 0.6) is 0 Å². The molecule has 4 aromatic carbocycles. The van der Waals surface area contributed by atoms with Crippen molar-refractivity contribution in [3.8, 4) is 39.6 Å². The molecule has 6 rings (SSSR count). The summed E-state index contributed by atoms with van der Waals surface area (Å²) in [5.41, 5.74) is 11.0. The van der Waals surface area contributed by atoms with Crippen LogP contribution >= 0.6 is 0 Å². The van der Waals surface area contributed by atoms with Gasteiger partial charge in [-0.15, -0.1) is 0 Å². The van der Waals surface area contributed by atoms with Crippen LogP contribution in [0.1, 0.15) is 30.5 Å². The van der Waals surface area contributed by atoms with Gasteiger partial charge in [0.15, 0.2) is 6.20 Å². The van der Waals surface area contributed by atoms with E-state index in [2.05, 4.69) is 117 Å². The largest absolute Gasteiger partial charge is 0.454 e. The lowest BCUT2D eigenvalue weighted by Crippen LogP contribution is -2.30. The maximum absolute atomic E-state index is 10.0. The topological polar surface area (TPSA) is 40.8 Å². The molecule has 2 aromatic heterocycles. The zero-order valence-corrected chi connectivity index (χ0v) is 22.8. The number of benzene rings is 4. The lowest BCUT2D eigenvalue weighted by Gasteiger charge is -2.08. The fourth-order valence-electron chi connectivity index (χ4n) is 5.65. The van der Waals surface area contributed by atoms with Crippen molar-refractivity contribution in [1.82, 2.24) is 0 Å². The lowest BCUT2D eigenvalue weighted by atomic mass is 9.94. The number of fused-ring (bicyclic) bond motifs is 3. The lowest BCUT2D eigenvalue weighted by molar-refractivity contribution is -0.659. The molecule has 0 aliphatic carbocycles. The Balaban J connectivity index is 1.55. The molecule has 0 spiro atoms. The number of nitriles is 1. The number of aryl methyl sites for hydroxylation is 2. The fraction of sp³-hybridized carbons (Fsp3) is 0.167. The van der Waals surface area contributed by atoms with Crippen molar-refractivity contribution in [2.45, 2.75) is 27.2 Å². The van der Waals surface area contributed by atoms with Crippen molar-refractivity contribution in [2.24, 2.45) is 13.0 Å². The molecule has 2 heterocycles. The first-order valence-electron chi connectivity index (χ1n) is 13.5. The Kier molecular flexibility index (Phi) is 6.25. The Morgan fingerprint density at radius 1 is 0.744 bits per heavy atom. The molecule has 0 unspecified atom stereocenters. The van der Waals surface area contributed by atoms with Crippen LogP contribution in [0.2, 0.25) is 0 Å². The van der Waals surface area contributed by atoms with Gasteiger partial charge in [-0.05, 0) is 59.7 Å². The van der Waals surface area contributed by atoms with E-state index < -0.39 is 0 Å². The van der Waals surface area contributed by atoms with Gasteiger partial charge in [0.2, 0.25) is 5.69 Å². The molecule has 6 aromatic rings. The quantitative estimate of drug-likeness (QED) is 0.219. The Morgan fingerprint density at radius 2 is 1.41 bits per heavy atom. The average Bonchev–Trinajstić information content (AvgIpc) is 3.32. The van der Waals surface area contributed by atoms with E-state index in [1.54, 1.807) is 0 Å². The monoisotopic (exact) mass is 507 g/mol. The molecule has 0 radical (unpaired) electrons. The van der Waals surface area contributed by atoms with Gasteiger partial charge in [-0.25, -0.2) is 4.57 Å². The van der Waals surface area contributed by atoms with E-state index in [0.29, 0.717) is 11.5 Å². The van der Waals surface area contributed by atoms with Gasteiger partial charge in [-0.3, -0.25) is 0 Å². The molecular formula is C36H31N2O+. The number of furan rings is 1. The highest BCUT2D eigenvalue weighted by Crippen LogP contribution is 2.42. The smallest absolute Gasteiger partial charge is 0.216 e. The third-order valence-corrected chi connectivity index (χ3v) is 7.52. The van der Waals surface area contributed by atoms with E-state index in [4.69, 9.17) is 4.42 Å². The number of nitrogens with zero attached hydrogens (tertiary/aromatic N) is 2. The van der Waals surface area contributed by atoms with Crippen LogP contribution in [0.3, 0.4) is 0 Å². The SMILES string of the molecule is Cc1ccc2c(oc3c(-c4ccc(CC(C)C)cc4)c(C#N)ccc32)c1-c1ccc(-c2ccccc2)c[n+]1C. The van der Waals surface area contributed by atoms with E-state index in [0.717, 1.165) is 61.9 Å². The highest BCUT2D eigenvalue weighted by atomic mass is 16.3. The second-order valence-electron chi connectivity index (χ2n) is 10.8. The number of hydrogen-bond donors (Lipinski definition) is 0. The molecule has 39 heavy (non-hydrogen) atoms. The first-order chi connectivity index (χ1) is 18.9. The van der Waals surface area contributed by atoms with Gasteiger partial charge in [0.05, 0.1) is 17.2 Å². The molecule has 0 fully saturated rings. The number of aromatic nitrogens is 1. The van der Waals surface area contributed by atoms with Gasteiger partial charge in [0.25, 0.3) is 0 Å². The van der Waals surface area contributed by atoms with E-state index in [1.165, 1.54) is 11.1 Å². The average molecular weight is 508 g/mol. The van der Waals surface area contributed by atoms with E-state index in [-0.39, 0.29) is 0 Å². The van der Waals surface area contributed by atoms with Crippen LogP contribution in [0, 0.1) is 24.2 Å². The third kappa shape index (κ3) is 4.39. The molecule has 0 aliphatic heterocycles. The Morgan fingerprint density at radius 3 is 2.08 bits per heavy atom. The summed E-state index contributed by atoms with van der Waals surface area (Å²) in [6.45, 7) is 6.58. The standard InChI is InChI=1S/C36H31N2O/c1-23(2)20-25-11-13-27(14-12-25)34-28(21-37)15-18-31-30-17-10-24(3)33(35(30)39-36(31)34)32-19-16-29(22-38(32)4)26-8-6-5-7-9-26/h5-19,22-23H,20H2,1-4H3/q+1. The van der Waals surface area contributed by atoms with E-state index >= 15 is 0 Å². The third-order valence-electron chi connectivity index (χ3n) is 7.52. The molecule has 3 nitrogen and oxygen atoms in total. The highest BCUT2D eigenvalue weighted by Gasteiger charge is 2.23. The van der Waals surface area contributed by atoms with Crippen molar-refractivity contribution in [3.05, 3.63) is 114 Å². The van der Waals surface area contributed by atoms with Gasteiger partial charge in [0.1, 0.15) is 18.2 Å². The Bertz CT molecular complexity index is 1870. The van der Waals surface area contributed by atoms with Gasteiger partial charge in [-0.1, -0.05) is 80.6 Å². The number of rotatable bonds is 5. The summed E-state index contributed by atoms with van der Waals surface area (Å²) in [7, 11) is 2.08. The van der Waals surface area contributed by atoms with Crippen LogP contribution in [0.4, 0.5) is 0 Å². The van der Waals surface area contributed by atoms with Crippen molar-refractivity contribution in [1.29, 1.82) is 5.26 Å². The molecule has 190 valence electrons. The molecular weight excluding hydrogens is 476 g/mol. The number of hydrogen-bond acceptors (Lipinski definition) is 2. The molecule has 0 saturated carbocycles. The van der Waals surface area contributed by atoms with Crippen LogP contribution in [-0.4, -0.2) is 0 Å². The summed E-state index contributed by atoms with van der Waals surface area (Å²) in [5, 5.41) is 12.1. The molecule has 0 saturated heterocycles. The molecule has 3 heteroatoms. The first kappa shape index (κ1) is 24.6. The molecule has 0 aliphatic rings. The zero-order chi connectivity index (χ0) is 27.1. The normalized spacial score (nSPS) is 11.4. The van der Waals surface area contributed by atoms with E-state index in [1.807, 2.05) is 18.2 Å². The van der Waals surface area contributed by atoms with Gasteiger partial charge >= 0.3 is 0 Å². The van der Waals surface area contributed by atoms with Crippen molar-refractivity contribution in [3.63, 3.8) is 0 Å². The second-order valence-corrected chi connectivity index (χ2v) is 10.8. The van der Waals surface area contributed by atoms with Crippen LogP contribution in [-0.2, 0) is 13.5 Å². The van der Waals surface area contributed by atoms with Crippen LogP contribution in [0.15, 0.2) is 102 Å². The summed E-state index contributed by atoms with van der Waals surface area (Å²) in [4.78, 5) is 0. The molecule has 0 bridgehead atoms. The summed E-state index contributed by atoms with van der Waals surface area (Å²) in [6.07, 6.45) is 3.20. The predicted octanol–water partition coefficient (Wildman–Crippen LogP) is 8.79. The summed E-state index contributed by atoms with van der Waals surface area (Å²) in [6, 6.07) is 34.0. The van der Waals surface area contributed by atoms with Crippen molar-refractivity contribution < 1.29 is 8.98 Å². The zero-order valence-electron chi connectivity index (χ0n) is 22.8. The maximum Gasteiger partial charge on any atom is 0.216 e. The minimum absolute atomic E-state index is 0.592. The van der Waals surface area contributed by atoms with E-state index in [9.17, 15) is 5.26 Å². The molecule has 0 atom stereocenters. The second kappa shape index (κ2) is 9.89. The van der Waals surface area contributed by atoms with Gasteiger partial charge in [-0.2, -0.15) is 5.26 Å². The molecule has 0 N–H and O–H groups in total. The Hall–Kier alpha value is -4.68. The number of pyridine rings is 1. The minimum Gasteiger partial charge on any atom is -0.454 e. The van der Waals surface area contributed by atoms with Crippen molar-refractivity contribution in [2.75, 3.05) is 0 Å². The summed E-state index contributed by atoms with van der Waals surface area (Å²) < 4.78 is 8.92. The fourth-order valence-corrected chi connectivity index (χ4v) is 5.65. The van der Waals surface area contributed by atoms with Crippen LogP contribution in [0.25, 0.3) is 55.4 Å². The minimum atomic E-state index is 0.592. The Labute approximate surface area is 229 Å². The van der Waals surface area contributed by atoms with Crippen molar-refractivity contribution >= 4 is 21.9 Å². The molecule has 0 amide bonds. The van der Waals surface area contributed by atoms with Crippen LogP contribution < -0.4 is 4.57 Å². The summed E-state index contributed by atoms with van der Waals surface area (Å²) in [5.74, 6) is 0.592. The summed E-state index contributed by atoms with van der Waals surface area (Å²) >= 11 is 0. The first-order valence-corrected chi connectivity index (χ1v) is 13.5. The van der Waals surface area contributed by atoms with Gasteiger partial charge in [0, 0.05) is 28.0 Å². The van der Waals surface area contributed by atoms with Gasteiger partial charge < -0.3 is 4.42 Å². The predicted molar refractivity (Wildman–Crippen MR) is 159 cm³/mol. The highest BCUT2D eigenvalue weighted by molar-refractivity contribution is 6.14. The maximum atomic E-state index is 10.0.